The van der Waals surface area contributed by atoms with Crippen LogP contribution in [0.3, 0.4) is 0 Å². The highest BCUT2D eigenvalue weighted by Gasteiger charge is 2.18. The number of carbonyl (C=O) groups excluding carboxylic acids is 1. The summed E-state index contributed by atoms with van der Waals surface area (Å²) in [5.41, 5.74) is 7.25. The number of anilines is 2. The van der Waals surface area contributed by atoms with Crippen molar-refractivity contribution < 1.29 is 4.79 Å². The van der Waals surface area contributed by atoms with E-state index >= 15 is 0 Å². The van der Waals surface area contributed by atoms with Gasteiger partial charge in [0.1, 0.15) is 0 Å². The van der Waals surface area contributed by atoms with Crippen molar-refractivity contribution in [3.05, 3.63) is 40.5 Å². The zero-order valence-electron chi connectivity index (χ0n) is 11.6. The minimum atomic E-state index is -0.339. The molecule has 0 saturated heterocycles. The highest BCUT2D eigenvalue weighted by atomic mass is 35.5. The van der Waals surface area contributed by atoms with E-state index in [1.54, 1.807) is 24.3 Å². The van der Waals surface area contributed by atoms with Crippen molar-refractivity contribution in [3.8, 4) is 0 Å². The topological polar surface area (TPSA) is 83.8 Å². The van der Waals surface area contributed by atoms with Crippen molar-refractivity contribution in [2.24, 2.45) is 0 Å². The van der Waals surface area contributed by atoms with E-state index in [0.717, 1.165) is 5.69 Å². The minimum absolute atomic E-state index is 0.0647. The van der Waals surface area contributed by atoms with Crippen molar-refractivity contribution in [1.29, 1.82) is 0 Å². The number of H-pyrrole nitrogens is 1. The normalized spacial score (nSPS) is 11.4. The minimum Gasteiger partial charge on any atom is -0.398 e. The number of hydrogen-bond acceptors (Lipinski definition) is 3. The third-order valence-corrected chi connectivity index (χ3v) is 3.32. The third kappa shape index (κ3) is 2.93. The number of rotatable bonds is 2. The molecule has 0 spiro atoms. The van der Waals surface area contributed by atoms with Crippen LogP contribution >= 0.6 is 11.6 Å². The van der Waals surface area contributed by atoms with Crippen LogP contribution in [0.15, 0.2) is 24.3 Å². The number of carbonyl (C=O) groups is 1. The summed E-state index contributed by atoms with van der Waals surface area (Å²) in [7, 11) is 0. The van der Waals surface area contributed by atoms with Crippen LogP contribution in [0.25, 0.3) is 0 Å². The van der Waals surface area contributed by atoms with E-state index < -0.39 is 0 Å². The first kappa shape index (κ1) is 14.4. The summed E-state index contributed by atoms with van der Waals surface area (Å²) in [6, 6.07) is 6.75. The fourth-order valence-electron chi connectivity index (χ4n) is 1.68. The lowest BCUT2D eigenvalue weighted by Gasteiger charge is -2.14. The molecule has 0 fully saturated rings. The van der Waals surface area contributed by atoms with Gasteiger partial charge in [0.15, 0.2) is 5.82 Å². The lowest BCUT2D eigenvalue weighted by Crippen LogP contribution is -2.13. The Morgan fingerprint density at radius 1 is 1.40 bits per heavy atom. The summed E-state index contributed by atoms with van der Waals surface area (Å²) in [6.07, 6.45) is 0. The van der Waals surface area contributed by atoms with E-state index in [9.17, 15) is 4.79 Å². The lowest BCUT2D eigenvalue weighted by molar-refractivity contribution is 0.102. The lowest BCUT2D eigenvalue weighted by atomic mass is 9.92. The highest BCUT2D eigenvalue weighted by Crippen LogP contribution is 2.25. The molecule has 1 amide bonds. The number of benzene rings is 1. The van der Waals surface area contributed by atoms with Gasteiger partial charge in [-0.25, -0.2) is 0 Å². The molecule has 5 nitrogen and oxygen atoms in total. The largest absolute Gasteiger partial charge is 0.398 e. The Hall–Kier alpha value is -2.01. The van der Waals surface area contributed by atoms with Gasteiger partial charge in [0.05, 0.1) is 16.3 Å². The highest BCUT2D eigenvalue weighted by molar-refractivity contribution is 6.36. The molecule has 0 unspecified atom stereocenters. The van der Waals surface area contributed by atoms with Crippen LogP contribution in [0.4, 0.5) is 11.5 Å². The van der Waals surface area contributed by atoms with Crippen LogP contribution in [0.1, 0.15) is 36.8 Å². The maximum atomic E-state index is 12.1. The number of nitrogens with two attached hydrogens (primary N) is 1. The summed E-state index contributed by atoms with van der Waals surface area (Å²) in [6.45, 7) is 6.17. The predicted octanol–water partition coefficient (Wildman–Crippen LogP) is 3.20. The molecule has 2 rings (SSSR count). The summed E-state index contributed by atoms with van der Waals surface area (Å²) in [4.78, 5) is 12.1. The van der Waals surface area contributed by atoms with Crippen LogP contribution in [0.5, 0.6) is 0 Å². The zero-order chi connectivity index (χ0) is 14.9. The SMILES string of the molecule is CC(C)(C)c1cc(NC(=O)c2cccc(N)c2Cl)n[nH]1. The predicted molar refractivity (Wildman–Crippen MR) is 81.1 cm³/mol. The van der Waals surface area contributed by atoms with Gasteiger partial charge in [-0.2, -0.15) is 5.10 Å². The zero-order valence-corrected chi connectivity index (χ0v) is 12.4. The van der Waals surface area contributed by atoms with E-state index in [1.807, 2.05) is 0 Å². The van der Waals surface area contributed by atoms with Gasteiger partial charge in [-0.3, -0.25) is 9.89 Å². The first-order valence-electron chi connectivity index (χ1n) is 6.20. The van der Waals surface area contributed by atoms with E-state index in [1.165, 1.54) is 0 Å². The van der Waals surface area contributed by atoms with Crippen molar-refractivity contribution in [2.75, 3.05) is 11.1 Å². The molecule has 0 aliphatic rings. The number of amides is 1. The van der Waals surface area contributed by atoms with E-state index in [-0.39, 0.29) is 16.3 Å². The summed E-state index contributed by atoms with van der Waals surface area (Å²) in [5.74, 6) is 0.118. The quantitative estimate of drug-likeness (QED) is 0.743. The summed E-state index contributed by atoms with van der Waals surface area (Å²) >= 11 is 6.02. The van der Waals surface area contributed by atoms with E-state index in [0.29, 0.717) is 17.1 Å². The molecular formula is C14H17ClN4O. The number of nitrogens with zero attached hydrogens (tertiary/aromatic N) is 1. The molecule has 0 radical (unpaired) electrons. The number of aromatic nitrogens is 2. The average Bonchev–Trinajstić information content (AvgIpc) is 2.81. The summed E-state index contributed by atoms with van der Waals surface area (Å²) < 4.78 is 0. The second kappa shape index (κ2) is 5.17. The Morgan fingerprint density at radius 2 is 2.10 bits per heavy atom. The molecule has 1 aromatic heterocycles. The Morgan fingerprint density at radius 3 is 2.70 bits per heavy atom. The number of hydrogen-bond donors (Lipinski definition) is 3. The molecule has 0 bridgehead atoms. The first-order valence-corrected chi connectivity index (χ1v) is 6.58. The molecule has 20 heavy (non-hydrogen) atoms. The molecule has 1 aromatic carbocycles. The van der Waals surface area contributed by atoms with Crippen molar-refractivity contribution >= 4 is 29.0 Å². The van der Waals surface area contributed by atoms with Gasteiger partial charge >= 0.3 is 0 Å². The molecule has 1 heterocycles. The molecule has 106 valence electrons. The van der Waals surface area contributed by atoms with E-state index in [2.05, 4.69) is 36.3 Å². The van der Waals surface area contributed by atoms with Gasteiger partial charge in [0.2, 0.25) is 0 Å². The fraction of sp³-hybridized carbons (Fsp3) is 0.286. The Bertz CT molecular complexity index is 643. The molecule has 0 atom stereocenters. The number of nitrogens with one attached hydrogen (secondary N) is 2. The number of aromatic amines is 1. The van der Waals surface area contributed by atoms with Crippen molar-refractivity contribution in [1.82, 2.24) is 10.2 Å². The van der Waals surface area contributed by atoms with Gasteiger partial charge in [-0.15, -0.1) is 0 Å². The van der Waals surface area contributed by atoms with Gasteiger partial charge < -0.3 is 11.1 Å². The Balaban J connectivity index is 2.20. The summed E-state index contributed by atoms with van der Waals surface area (Å²) in [5, 5.41) is 9.92. The third-order valence-electron chi connectivity index (χ3n) is 2.90. The Labute approximate surface area is 122 Å². The van der Waals surface area contributed by atoms with Crippen LogP contribution in [0, 0.1) is 0 Å². The Kier molecular flexibility index (Phi) is 3.72. The first-order chi connectivity index (χ1) is 9.29. The van der Waals surface area contributed by atoms with Gasteiger partial charge in [-0.1, -0.05) is 38.4 Å². The van der Waals surface area contributed by atoms with Gasteiger partial charge in [0, 0.05) is 17.2 Å². The molecule has 0 aliphatic carbocycles. The molecule has 4 N–H and O–H groups in total. The van der Waals surface area contributed by atoms with Crippen molar-refractivity contribution in [3.63, 3.8) is 0 Å². The number of halogens is 1. The van der Waals surface area contributed by atoms with Crippen LogP contribution in [-0.4, -0.2) is 16.1 Å². The van der Waals surface area contributed by atoms with Gasteiger partial charge in [0.25, 0.3) is 5.91 Å². The van der Waals surface area contributed by atoms with Crippen LogP contribution < -0.4 is 11.1 Å². The molecular weight excluding hydrogens is 276 g/mol. The van der Waals surface area contributed by atoms with Crippen LogP contribution in [0.2, 0.25) is 5.02 Å². The molecule has 2 aromatic rings. The smallest absolute Gasteiger partial charge is 0.258 e. The monoisotopic (exact) mass is 292 g/mol. The maximum Gasteiger partial charge on any atom is 0.258 e. The fourth-order valence-corrected chi connectivity index (χ4v) is 1.89. The standard InChI is InChI=1S/C14H17ClN4O/c1-14(2,3)10-7-11(19-18-10)17-13(20)8-5-4-6-9(16)12(8)15/h4-7H,16H2,1-3H3,(H2,17,18,19,20). The number of nitrogen functional groups attached to an aromatic ring is 1. The molecule has 0 aliphatic heterocycles. The van der Waals surface area contributed by atoms with Gasteiger partial charge in [-0.05, 0) is 12.1 Å². The second-order valence-electron chi connectivity index (χ2n) is 5.58. The maximum absolute atomic E-state index is 12.1. The van der Waals surface area contributed by atoms with Crippen molar-refractivity contribution in [2.45, 2.75) is 26.2 Å². The molecule has 6 heteroatoms. The second-order valence-corrected chi connectivity index (χ2v) is 5.96. The average molecular weight is 293 g/mol. The van der Waals surface area contributed by atoms with Crippen LogP contribution in [-0.2, 0) is 5.41 Å². The van der Waals surface area contributed by atoms with E-state index in [4.69, 9.17) is 17.3 Å². The molecule has 0 saturated carbocycles.